The van der Waals surface area contributed by atoms with Crippen molar-refractivity contribution in [1.29, 1.82) is 0 Å². The predicted octanol–water partition coefficient (Wildman–Crippen LogP) is 2.48. The summed E-state index contributed by atoms with van der Waals surface area (Å²) >= 11 is 0. The molecule has 4 nitrogen and oxygen atoms in total. The Balaban J connectivity index is 2.45. The van der Waals surface area contributed by atoms with Crippen molar-refractivity contribution in [1.82, 2.24) is 15.3 Å². The molecule has 0 atom stereocenters. The van der Waals surface area contributed by atoms with Gasteiger partial charge in [0.1, 0.15) is 11.6 Å². The second-order valence-electron chi connectivity index (χ2n) is 7.67. The average Bonchev–Trinajstić information content (AvgIpc) is 2.37. The third-order valence-corrected chi connectivity index (χ3v) is 3.59. The van der Waals surface area contributed by atoms with Crippen molar-refractivity contribution in [3.8, 4) is 0 Å². The molecule has 2 heterocycles. The van der Waals surface area contributed by atoms with Gasteiger partial charge in [-0.3, -0.25) is 0 Å². The zero-order valence-corrected chi connectivity index (χ0v) is 13.7. The molecule has 0 bridgehead atoms. The van der Waals surface area contributed by atoms with Crippen molar-refractivity contribution in [3.63, 3.8) is 0 Å². The Hall–Kier alpha value is -1.16. The number of hydrogen-bond donors (Lipinski definition) is 1. The maximum atomic E-state index is 4.83. The minimum atomic E-state index is -0.0238. The van der Waals surface area contributed by atoms with Crippen LogP contribution >= 0.6 is 0 Å². The summed E-state index contributed by atoms with van der Waals surface area (Å²) in [5, 5.41) is 3.39. The smallest absolute Gasteiger partial charge is 0.136 e. The fraction of sp³-hybridized carbons (Fsp3) is 0.750. The van der Waals surface area contributed by atoms with E-state index in [0.29, 0.717) is 0 Å². The first-order chi connectivity index (χ1) is 9.18. The molecule has 0 aliphatic carbocycles. The molecular formula is C16H28N4. The molecule has 1 saturated heterocycles. The van der Waals surface area contributed by atoms with Gasteiger partial charge in [0.05, 0.1) is 5.69 Å². The SMILES string of the molecule is CC(C)(C)c1cc(N2CCNCC2)nc(C(C)(C)C)n1. The number of anilines is 1. The molecule has 1 aromatic heterocycles. The van der Waals surface area contributed by atoms with Crippen molar-refractivity contribution in [2.45, 2.75) is 52.4 Å². The maximum absolute atomic E-state index is 4.83. The van der Waals surface area contributed by atoms with Crippen molar-refractivity contribution < 1.29 is 0 Å². The third kappa shape index (κ3) is 3.48. The highest BCUT2D eigenvalue weighted by atomic mass is 15.2. The largest absolute Gasteiger partial charge is 0.354 e. The maximum Gasteiger partial charge on any atom is 0.136 e. The molecule has 0 amide bonds. The van der Waals surface area contributed by atoms with Crippen LogP contribution in [0.4, 0.5) is 5.82 Å². The summed E-state index contributed by atoms with van der Waals surface area (Å²) in [5.41, 5.74) is 1.15. The Bertz CT molecular complexity index is 430. The van der Waals surface area contributed by atoms with Crippen LogP contribution in [0.2, 0.25) is 0 Å². The molecule has 0 saturated carbocycles. The van der Waals surface area contributed by atoms with Gasteiger partial charge in [-0.2, -0.15) is 0 Å². The minimum absolute atomic E-state index is 0.0238. The number of piperazine rings is 1. The van der Waals surface area contributed by atoms with Crippen LogP contribution in [0.3, 0.4) is 0 Å². The molecule has 0 unspecified atom stereocenters. The number of rotatable bonds is 1. The summed E-state index contributed by atoms with van der Waals surface area (Å²) < 4.78 is 0. The average molecular weight is 276 g/mol. The van der Waals surface area contributed by atoms with Crippen molar-refractivity contribution in [2.24, 2.45) is 0 Å². The van der Waals surface area contributed by atoms with Gasteiger partial charge in [-0.25, -0.2) is 9.97 Å². The van der Waals surface area contributed by atoms with E-state index in [1.54, 1.807) is 0 Å². The summed E-state index contributed by atoms with van der Waals surface area (Å²) in [5.74, 6) is 2.02. The van der Waals surface area contributed by atoms with Gasteiger partial charge in [0.15, 0.2) is 0 Å². The summed E-state index contributed by atoms with van der Waals surface area (Å²) in [6, 6.07) is 2.17. The van der Waals surface area contributed by atoms with E-state index in [1.165, 1.54) is 0 Å². The molecular weight excluding hydrogens is 248 g/mol. The third-order valence-electron chi connectivity index (χ3n) is 3.59. The molecule has 1 N–H and O–H groups in total. The van der Waals surface area contributed by atoms with E-state index in [0.717, 1.165) is 43.5 Å². The highest BCUT2D eigenvalue weighted by Crippen LogP contribution is 2.28. The monoisotopic (exact) mass is 276 g/mol. The van der Waals surface area contributed by atoms with Crippen LogP contribution in [0.5, 0.6) is 0 Å². The lowest BCUT2D eigenvalue weighted by molar-refractivity contribution is 0.508. The van der Waals surface area contributed by atoms with Crippen LogP contribution in [0.15, 0.2) is 6.07 Å². The number of aromatic nitrogens is 2. The number of nitrogens with one attached hydrogen (secondary N) is 1. The molecule has 0 spiro atoms. The van der Waals surface area contributed by atoms with Crippen LogP contribution in [0.1, 0.15) is 53.1 Å². The van der Waals surface area contributed by atoms with Gasteiger partial charge in [-0.15, -0.1) is 0 Å². The predicted molar refractivity (Wildman–Crippen MR) is 84.5 cm³/mol. The van der Waals surface area contributed by atoms with Crippen LogP contribution < -0.4 is 10.2 Å². The number of hydrogen-bond acceptors (Lipinski definition) is 4. The van der Waals surface area contributed by atoms with Crippen molar-refractivity contribution in [2.75, 3.05) is 31.1 Å². The van der Waals surface area contributed by atoms with Gasteiger partial charge < -0.3 is 10.2 Å². The second kappa shape index (κ2) is 5.32. The van der Waals surface area contributed by atoms with E-state index in [9.17, 15) is 0 Å². The molecule has 4 heteroatoms. The summed E-state index contributed by atoms with van der Waals surface area (Å²) in [6.07, 6.45) is 0. The van der Waals surface area contributed by atoms with E-state index in [2.05, 4.69) is 57.8 Å². The van der Waals surface area contributed by atoms with Gasteiger partial charge in [0.25, 0.3) is 0 Å². The van der Waals surface area contributed by atoms with Gasteiger partial charge in [0.2, 0.25) is 0 Å². The molecule has 1 aliphatic heterocycles. The van der Waals surface area contributed by atoms with E-state index in [-0.39, 0.29) is 10.8 Å². The first-order valence-electron chi connectivity index (χ1n) is 7.53. The zero-order valence-electron chi connectivity index (χ0n) is 13.7. The van der Waals surface area contributed by atoms with E-state index >= 15 is 0 Å². The van der Waals surface area contributed by atoms with Gasteiger partial charge in [-0.05, 0) is 0 Å². The Morgan fingerprint density at radius 3 is 2.05 bits per heavy atom. The van der Waals surface area contributed by atoms with Crippen LogP contribution in [-0.4, -0.2) is 36.1 Å². The van der Waals surface area contributed by atoms with Crippen molar-refractivity contribution >= 4 is 5.82 Å². The second-order valence-corrected chi connectivity index (χ2v) is 7.67. The molecule has 2 rings (SSSR count). The highest BCUT2D eigenvalue weighted by Gasteiger charge is 2.25. The van der Waals surface area contributed by atoms with Crippen LogP contribution in [0, 0.1) is 0 Å². The standard InChI is InChI=1S/C16H28N4/c1-15(2,3)12-11-13(20-9-7-17-8-10-20)19-14(18-12)16(4,5)6/h11,17H,7-10H2,1-6H3. The first-order valence-corrected chi connectivity index (χ1v) is 7.53. The van der Waals surface area contributed by atoms with E-state index < -0.39 is 0 Å². The fourth-order valence-electron chi connectivity index (χ4n) is 2.21. The quantitative estimate of drug-likeness (QED) is 0.855. The lowest BCUT2D eigenvalue weighted by Gasteiger charge is -2.31. The summed E-state index contributed by atoms with van der Waals surface area (Å²) in [7, 11) is 0. The normalized spacial score (nSPS) is 17.4. The lowest BCUT2D eigenvalue weighted by atomic mass is 9.90. The molecule has 0 radical (unpaired) electrons. The minimum Gasteiger partial charge on any atom is -0.354 e. The topological polar surface area (TPSA) is 41.0 Å². The Morgan fingerprint density at radius 2 is 1.55 bits per heavy atom. The Labute approximate surface area is 123 Å². The molecule has 112 valence electrons. The first kappa shape index (κ1) is 15.2. The number of nitrogens with zero attached hydrogens (tertiary/aromatic N) is 3. The van der Waals surface area contributed by atoms with Crippen molar-refractivity contribution in [3.05, 3.63) is 17.6 Å². The van der Waals surface area contributed by atoms with Crippen LogP contribution in [-0.2, 0) is 10.8 Å². The molecule has 20 heavy (non-hydrogen) atoms. The van der Waals surface area contributed by atoms with E-state index in [1.807, 2.05) is 0 Å². The highest BCUT2D eigenvalue weighted by molar-refractivity contribution is 5.42. The van der Waals surface area contributed by atoms with Gasteiger partial charge in [0, 0.05) is 43.1 Å². The molecule has 0 aromatic carbocycles. The van der Waals surface area contributed by atoms with E-state index in [4.69, 9.17) is 9.97 Å². The van der Waals surface area contributed by atoms with Crippen LogP contribution in [0.25, 0.3) is 0 Å². The molecule has 1 fully saturated rings. The fourth-order valence-corrected chi connectivity index (χ4v) is 2.21. The van der Waals surface area contributed by atoms with Gasteiger partial charge >= 0.3 is 0 Å². The zero-order chi connectivity index (χ0) is 15.0. The Kier molecular flexibility index (Phi) is 4.05. The molecule has 1 aromatic rings. The summed E-state index contributed by atoms with van der Waals surface area (Å²) in [6.45, 7) is 17.3. The molecule has 1 aliphatic rings. The lowest BCUT2D eigenvalue weighted by Crippen LogP contribution is -2.44. The van der Waals surface area contributed by atoms with Gasteiger partial charge in [-0.1, -0.05) is 41.5 Å². The summed E-state index contributed by atoms with van der Waals surface area (Å²) in [4.78, 5) is 12.0. The Morgan fingerprint density at radius 1 is 0.950 bits per heavy atom.